The Morgan fingerprint density at radius 1 is 1.25 bits per heavy atom. The normalized spacial score (nSPS) is 41.0. The maximum absolute atomic E-state index is 9.10. The summed E-state index contributed by atoms with van der Waals surface area (Å²) >= 11 is 0. The zero-order chi connectivity index (χ0) is 7.72. The van der Waals surface area contributed by atoms with Crippen LogP contribution < -0.4 is 0 Å². The van der Waals surface area contributed by atoms with Gasteiger partial charge in [0.1, 0.15) is 0 Å². The Hall–Kier alpha value is 1.98. The van der Waals surface area contributed by atoms with Crippen molar-refractivity contribution in [2.45, 2.75) is 31.3 Å². The molecule has 1 fully saturated rings. The number of aliphatic hydroxyl groups is 2. The minimum absolute atomic E-state index is 0. The molecular weight excluding hydrogens is 608 g/mol. The minimum Gasteiger partial charge on any atom is -0.425 e. The van der Waals surface area contributed by atoms with Crippen LogP contribution in [0.1, 0.15) is 6.92 Å². The van der Waals surface area contributed by atoms with Crippen LogP contribution >= 0.6 is 0 Å². The van der Waals surface area contributed by atoms with Crippen LogP contribution in [0.4, 0.5) is 0 Å². The molecule has 1 saturated heterocycles. The monoisotopic (exact) mass is 620 g/mol. The second kappa shape index (κ2) is 7.30. The van der Waals surface area contributed by atoms with Crippen molar-refractivity contribution in [1.29, 1.82) is 0 Å². The number of hydrogen-bond donors (Lipinski definition) is 2. The molecule has 1 rings (SSSR count). The molecule has 0 amide bonds. The number of rotatable bonds is 0. The van der Waals surface area contributed by atoms with E-state index in [2.05, 4.69) is 6.92 Å². The first-order valence-electron chi connectivity index (χ1n) is 3.31. The van der Waals surface area contributed by atoms with Crippen LogP contribution in [0.15, 0.2) is 0 Å². The fraction of sp³-hybridized carbons (Fsp3) is 0.714. The molecule has 3 nitrogen and oxygen atoms in total. The van der Waals surface area contributed by atoms with E-state index in [1.165, 1.54) is 6.42 Å². The molecule has 0 spiro atoms. The summed E-state index contributed by atoms with van der Waals surface area (Å²) in [6.07, 6.45) is -0.685. The van der Waals surface area contributed by atoms with Gasteiger partial charge in [-0.3, -0.25) is 6.42 Å². The van der Waals surface area contributed by atoms with Crippen molar-refractivity contribution in [3.63, 3.8) is 0 Å². The van der Waals surface area contributed by atoms with Gasteiger partial charge in [-0.1, -0.05) is 12.2 Å². The fourth-order valence-corrected chi connectivity index (χ4v) is 0.919. The van der Waals surface area contributed by atoms with Gasteiger partial charge in [-0.25, -0.2) is 0 Å². The molecule has 0 unspecified atom stereocenters. The molecule has 12 heavy (non-hydrogen) atoms. The summed E-state index contributed by atoms with van der Waals surface area (Å²) in [4.78, 5) is 0. The summed E-state index contributed by atoms with van der Waals surface area (Å²) in [5.74, 6) is 0. The largest absolute Gasteiger partial charge is 0.425 e. The molecule has 0 bridgehead atoms. The predicted molar refractivity (Wildman–Crippen MR) is 36.0 cm³/mol. The molecule has 0 aromatic heterocycles. The van der Waals surface area contributed by atoms with E-state index >= 15 is 0 Å². The molecule has 4 atom stereocenters. The van der Waals surface area contributed by atoms with Gasteiger partial charge in [-0.05, 0) is 13.0 Å². The topological polar surface area (TPSA) is 49.7 Å². The average molecular weight is 620 g/mol. The van der Waals surface area contributed by atoms with Crippen LogP contribution in [0.25, 0.3) is 0 Å². The van der Waals surface area contributed by atoms with Crippen molar-refractivity contribution in [2.24, 2.45) is 0 Å². The van der Waals surface area contributed by atoms with Gasteiger partial charge in [0.25, 0.3) is 0 Å². The molecule has 1 aliphatic rings. The molecule has 0 aromatic carbocycles. The molecule has 68 valence electrons. The summed E-state index contributed by atoms with van der Waals surface area (Å²) in [5.41, 5.74) is 0. The predicted octanol–water partition coefficient (Wildman–Crippen LogP) is -0.466. The third-order valence-corrected chi connectivity index (χ3v) is 1.65. The molecule has 0 aromatic rings. The van der Waals surface area contributed by atoms with E-state index in [-0.39, 0.29) is 68.3 Å². The summed E-state index contributed by atoms with van der Waals surface area (Å²) < 4.78 is 5.07. The third kappa shape index (κ3) is 4.47. The Balaban J connectivity index is 0. The van der Waals surface area contributed by atoms with Gasteiger partial charge < -0.3 is 21.9 Å². The summed E-state index contributed by atoms with van der Waals surface area (Å²) in [6, 6.07) is 0. The second-order valence-electron chi connectivity index (χ2n) is 2.55. The van der Waals surface area contributed by atoms with Gasteiger partial charge >= 0.3 is 0 Å². The fourth-order valence-electron chi connectivity index (χ4n) is 0.919. The zero-order valence-corrected chi connectivity index (χ0v) is 15.2. The Labute approximate surface area is 120 Å². The van der Waals surface area contributed by atoms with Gasteiger partial charge in [0.15, 0.2) is 0 Å². The summed E-state index contributed by atoms with van der Waals surface area (Å²) in [6.45, 7) is 5.29. The van der Waals surface area contributed by atoms with Gasteiger partial charge in [0, 0.05) is 68.3 Å². The molecule has 2 N–H and O–H groups in total. The Bertz CT molecular complexity index is 97.2. The number of aliphatic hydroxyl groups excluding tert-OH is 2. The van der Waals surface area contributed by atoms with E-state index in [9.17, 15) is 0 Å². The van der Waals surface area contributed by atoms with E-state index in [0.717, 1.165) is 0 Å². The number of ether oxygens (including phenoxy) is 1. The van der Waals surface area contributed by atoms with Gasteiger partial charge in [-0.2, -0.15) is 0 Å². The first kappa shape index (κ1) is 16.4. The molecule has 5 heteroatoms. The van der Waals surface area contributed by atoms with Crippen molar-refractivity contribution >= 4 is 0 Å². The van der Waals surface area contributed by atoms with Crippen LogP contribution in [-0.2, 0) is 4.74 Å². The quantitative estimate of drug-likeness (QED) is 0.361. The molecule has 0 saturated carbocycles. The maximum Gasteiger partial charge on any atom is 0.0495 e. The van der Waals surface area contributed by atoms with Crippen LogP contribution in [0.2, 0.25) is 0 Å². The van der Waals surface area contributed by atoms with Crippen LogP contribution in [-0.4, -0.2) is 34.6 Å². The van der Waals surface area contributed by atoms with E-state index in [1.807, 2.05) is 0 Å². The van der Waals surface area contributed by atoms with E-state index in [0.29, 0.717) is 0 Å². The number of hydrogen-bond acceptors (Lipinski definition) is 3. The van der Waals surface area contributed by atoms with Gasteiger partial charge in [-0.15, -0.1) is 0 Å². The molecule has 0 radical (unpaired) electrons. The van der Waals surface area contributed by atoms with Crippen LogP contribution in [0.5, 0.6) is 0 Å². The Kier molecular flexibility index (Phi) is 9.98. The minimum atomic E-state index is -0.744. The van der Waals surface area contributed by atoms with E-state index in [4.69, 9.17) is 14.9 Å². The second-order valence-corrected chi connectivity index (χ2v) is 2.55. The first-order valence-corrected chi connectivity index (χ1v) is 3.31. The first-order chi connectivity index (χ1) is 4.61. The van der Waals surface area contributed by atoms with Crippen molar-refractivity contribution in [2.75, 3.05) is 0 Å². The Morgan fingerprint density at radius 3 is 2.17 bits per heavy atom. The van der Waals surface area contributed by atoms with Gasteiger partial charge in [0.05, 0.1) is 0 Å². The average Bonchev–Trinajstić information content (AvgIpc) is 1.84. The van der Waals surface area contributed by atoms with Crippen molar-refractivity contribution in [1.82, 2.24) is 0 Å². The zero-order valence-electron chi connectivity index (χ0n) is 6.90. The summed E-state index contributed by atoms with van der Waals surface area (Å²) in [5, 5.41) is 18.2. The Morgan fingerprint density at radius 2 is 1.75 bits per heavy atom. The smallest absolute Gasteiger partial charge is 0.0495 e. The summed E-state index contributed by atoms with van der Waals surface area (Å²) in [7, 11) is 0. The molecular formula is C7H12O3U2-2. The van der Waals surface area contributed by atoms with Crippen molar-refractivity contribution in [3.8, 4) is 0 Å². The standard InChI is InChI=1S/C7H12O3.2U/c1-4-6(8)3-7(9)5(2)10-4;;/h3-9H,1H2,2H3;;/q-2;;/t4-,5+,6+,7-;;/m1../s1. The van der Waals surface area contributed by atoms with Crippen LogP contribution in [0.3, 0.4) is 0 Å². The maximum atomic E-state index is 9.10. The van der Waals surface area contributed by atoms with E-state index in [1.54, 1.807) is 6.92 Å². The molecule has 1 aliphatic heterocycles. The molecule has 0 aliphatic carbocycles. The molecule has 1 heterocycles. The third-order valence-electron chi connectivity index (χ3n) is 1.65. The van der Waals surface area contributed by atoms with Crippen molar-refractivity contribution < 1.29 is 77.2 Å². The van der Waals surface area contributed by atoms with E-state index < -0.39 is 18.3 Å². The van der Waals surface area contributed by atoms with Crippen LogP contribution in [0, 0.1) is 75.6 Å². The SMILES string of the molecule is [CH2-][C@H]1O[C@@H](C)[C@H](O)[CH-][C@@H]1O.[U].[U]. The van der Waals surface area contributed by atoms with Gasteiger partial charge in [0.2, 0.25) is 0 Å². The van der Waals surface area contributed by atoms with Crippen molar-refractivity contribution in [3.05, 3.63) is 13.3 Å².